The van der Waals surface area contributed by atoms with Crippen molar-refractivity contribution in [3.63, 3.8) is 0 Å². The van der Waals surface area contributed by atoms with Crippen LogP contribution in [-0.2, 0) is 0 Å². The fourth-order valence-corrected chi connectivity index (χ4v) is 1.64. The van der Waals surface area contributed by atoms with E-state index >= 15 is 0 Å². The van der Waals surface area contributed by atoms with Crippen LogP contribution in [0.5, 0.6) is 0 Å². The van der Waals surface area contributed by atoms with Crippen LogP contribution in [0.1, 0.15) is 52.9 Å². The van der Waals surface area contributed by atoms with Gasteiger partial charge in [0.15, 0.2) is 0 Å². The maximum absolute atomic E-state index is 4.08. The molecule has 0 aliphatic carbocycles. The Bertz CT molecular complexity index is 129. The highest BCUT2D eigenvalue weighted by Crippen LogP contribution is 2.18. The van der Waals surface area contributed by atoms with E-state index in [4.69, 9.17) is 0 Å². The van der Waals surface area contributed by atoms with E-state index in [1.54, 1.807) is 0 Å². The molecule has 0 aromatic carbocycles. The van der Waals surface area contributed by atoms with Crippen LogP contribution in [0.4, 0.5) is 0 Å². The fourth-order valence-electron chi connectivity index (χ4n) is 1.64. The molecule has 0 saturated heterocycles. The zero-order chi connectivity index (χ0) is 10.1. The average molecular weight is 183 g/mol. The van der Waals surface area contributed by atoms with Crippen LogP contribution >= 0.6 is 0 Å². The lowest BCUT2D eigenvalue weighted by Gasteiger charge is -2.18. The first-order chi connectivity index (χ1) is 6.26. The predicted octanol–water partition coefficient (Wildman–Crippen LogP) is 3.72. The molecule has 0 aliphatic rings. The van der Waals surface area contributed by atoms with E-state index in [-0.39, 0.29) is 0 Å². The summed E-state index contributed by atoms with van der Waals surface area (Å²) in [6.45, 7) is 11.7. The third-order valence-corrected chi connectivity index (χ3v) is 2.55. The number of nitrogens with one attached hydrogen (secondary N) is 1. The van der Waals surface area contributed by atoms with Gasteiger partial charge in [-0.25, -0.2) is 0 Å². The van der Waals surface area contributed by atoms with E-state index in [0.717, 1.165) is 6.54 Å². The summed E-state index contributed by atoms with van der Waals surface area (Å²) < 4.78 is 0. The number of hydrogen-bond donors (Lipinski definition) is 1. The highest BCUT2D eigenvalue weighted by molar-refractivity contribution is 4.97. The molecule has 0 spiro atoms. The zero-order valence-electron chi connectivity index (χ0n) is 9.53. The Balaban J connectivity index is 3.67. The molecule has 1 atom stereocenters. The fraction of sp³-hybridized carbons (Fsp3) is 0.833. The molecule has 0 rings (SSSR count). The minimum atomic E-state index is 0.687. The van der Waals surface area contributed by atoms with E-state index in [9.17, 15) is 0 Å². The quantitative estimate of drug-likeness (QED) is 0.566. The first-order valence-electron chi connectivity index (χ1n) is 5.68. The highest BCUT2D eigenvalue weighted by Gasteiger charge is 2.08. The van der Waals surface area contributed by atoms with Crippen molar-refractivity contribution < 1.29 is 0 Å². The Morgan fingerprint density at radius 3 is 2.38 bits per heavy atom. The van der Waals surface area contributed by atoms with Gasteiger partial charge in [0.1, 0.15) is 0 Å². The summed E-state index contributed by atoms with van der Waals surface area (Å²) in [5, 5.41) is 3.33. The van der Waals surface area contributed by atoms with Crippen LogP contribution in [0.2, 0.25) is 0 Å². The van der Waals surface area contributed by atoms with Crippen LogP contribution in [0.25, 0.3) is 0 Å². The summed E-state index contributed by atoms with van der Waals surface area (Å²) >= 11 is 0. The van der Waals surface area contributed by atoms with E-state index in [2.05, 4.69) is 32.7 Å². The Morgan fingerprint density at radius 2 is 1.92 bits per heavy atom. The molecule has 13 heavy (non-hydrogen) atoms. The Kier molecular flexibility index (Phi) is 7.86. The molecule has 0 aliphatic heterocycles. The van der Waals surface area contributed by atoms with Gasteiger partial charge in [-0.2, -0.15) is 0 Å². The molecule has 0 bridgehead atoms. The number of unbranched alkanes of at least 4 members (excludes halogenated alkanes) is 2. The summed E-state index contributed by atoms with van der Waals surface area (Å²) in [6.07, 6.45) is 6.53. The molecule has 1 N–H and O–H groups in total. The standard InChI is InChI=1S/C12H25N/c1-5-8-9-10-12(6-2)11(4)13-7-3/h12-13H,4-10H2,1-3H3. The molecule has 0 saturated carbocycles. The minimum absolute atomic E-state index is 0.687. The van der Waals surface area contributed by atoms with Crippen molar-refractivity contribution in [3.8, 4) is 0 Å². The van der Waals surface area contributed by atoms with Gasteiger partial charge in [0.05, 0.1) is 0 Å². The highest BCUT2D eigenvalue weighted by atomic mass is 14.9. The van der Waals surface area contributed by atoms with Crippen LogP contribution in [0.15, 0.2) is 12.3 Å². The zero-order valence-corrected chi connectivity index (χ0v) is 9.53. The Labute approximate surface area is 83.6 Å². The summed E-state index contributed by atoms with van der Waals surface area (Å²) in [5.74, 6) is 0.687. The van der Waals surface area contributed by atoms with Gasteiger partial charge in [-0.3, -0.25) is 0 Å². The summed E-state index contributed by atoms with van der Waals surface area (Å²) in [7, 11) is 0. The second kappa shape index (κ2) is 8.15. The van der Waals surface area contributed by atoms with Gasteiger partial charge in [-0.15, -0.1) is 0 Å². The van der Waals surface area contributed by atoms with Crippen molar-refractivity contribution in [2.75, 3.05) is 6.54 Å². The minimum Gasteiger partial charge on any atom is -0.389 e. The van der Waals surface area contributed by atoms with Gasteiger partial charge in [0.25, 0.3) is 0 Å². The van der Waals surface area contributed by atoms with Crippen LogP contribution < -0.4 is 5.32 Å². The van der Waals surface area contributed by atoms with Crippen molar-refractivity contribution in [2.45, 2.75) is 52.9 Å². The number of rotatable bonds is 8. The van der Waals surface area contributed by atoms with Crippen molar-refractivity contribution in [3.05, 3.63) is 12.3 Å². The van der Waals surface area contributed by atoms with Gasteiger partial charge in [-0.1, -0.05) is 39.7 Å². The van der Waals surface area contributed by atoms with Crippen molar-refractivity contribution in [1.82, 2.24) is 5.32 Å². The smallest absolute Gasteiger partial charge is 0.0115 e. The van der Waals surface area contributed by atoms with E-state index < -0.39 is 0 Å². The molecule has 0 aromatic rings. The molecular weight excluding hydrogens is 158 g/mol. The van der Waals surface area contributed by atoms with Crippen molar-refractivity contribution >= 4 is 0 Å². The van der Waals surface area contributed by atoms with Crippen molar-refractivity contribution in [1.29, 1.82) is 0 Å². The third kappa shape index (κ3) is 5.73. The van der Waals surface area contributed by atoms with Crippen molar-refractivity contribution in [2.24, 2.45) is 5.92 Å². The average Bonchev–Trinajstić information content (AvgIpc) is 2.13. The molecule has 0 amide bonds. The molecule has 0 fully saturated rings. The predicted molar refractivity (Wildman–Crippen MR) is 60.7 cm³/mol. The largest absolute Gasteiger partial charge is 0.389 e. The Morgan fingerprint density at radius 1 is 1.23 bits per heavy atom. The van der Waals surface area contributed by atoms with Gasteiger partial charge < -0.3 is 5.32 Å². The molecule has 0 heterocycles. The normalized spacial score (nSPS) is 12.5. The maximum atomic E-state index is 4.08. The molecule has 1 nitrogen and oxygen atoms in total. The molecule has 0 aromatic heterocycles. The monoisotopic (exact) mass is 183 g/mol. The lowest BCUT2D eigenvalue weighted by molar-refractivity contribution is 0.479. The summed E-state index contributed by atoms with van der Waals surface area (Å²) in [4.78, 5) is 0. The molecule has 0 radical (unpaired) electrons. The van der Waals surface area contributed by atoms with Gasteiger partial charge in [-0.05, 0) is 25.7 Å². The van der Waals surface area contributed by atoms with Gasteiger partial charge >= 0.3 is 0 Å². The second-order valence-corrected chi connectivity index (χ2v) is 3.66. The van der Waals surface area contributed by atoms with E-state index in [1.807, 2.05) is 0 Å². The lowest BCUT2D eigenvalue weighted by Crippen LogP contribution is -2.18. The van der Waals surface area contributed by atoms with Crippen LogP contribution in [0, 0.1) is 5.92 Å². The first-order valence-corrected chi connectivity index (χ1v) is 5.68. The van der Waals surface area contributed by atoms with E-state index in [1.165, 1.54) is 37.8 Å². The number of hydrogen-bond acceptors (Lipinski definition) is 1. The van der Waals surface area contributed by atoms with Crippen LogP contribution in [-0.4, -0.2) is 6.54 Å². The maximum Gasteiger partial charge on any atom is 0.0115 e. The lowest BCUT2D eigenvalue weighted by atomic mass is 9.96. The second-order valence-electron chi connectivity index (χ2n) is 3.66. The Hall–Kier alpha value is -0.460. The molecule has 1 unspecified atom stereocenters. The van der Waals surface area contributed by atoms with Crippen LogP contribution in [0.3, 0.4) is 0 Å². The molecule has 1 heteroatoms. The topological polar surface area (TPSA) is 12.0 Å². The molecule has 78 valence electrons. The number of allylic oxidation sites excluding steroid dienone is 1. The summed E-state index contributed by atoms with van der Waals surface area (Å²) in [5.41, 5.74) is 1.24. The van der Waals surface area contributed by atoms with Gasteiger partial charge in [0, 0.05) is 12.2 Å². The summed E-state index contributed by atoms with van der Waals surface area (Å²) in [6, 6.07) is 0. The van der Waals surface area contributed by atoms with Gasteiger partial charge in [0.2, 0.25) is 0 Å². The third-order valence-electron chi connectivity index (χ3n) is 2.55. The SMILES string of the molecule is C=C(NCC)C(CC)CCCCC. The first kappa shape index (κ1) is 12.5. The molecular formula is C12H25N. The van der Waals surface area contributed by atoms with E-state index in [0.29, 0.717) is 5.92 Å².